The lowest BCUT2D eigenvalue weighted by molar-refractivity contribution is 0.248. The predicted molar refractivity (Wildman–Crippen MR) is 63.9 cm³/mol. The number of aromatic nitrogens is 1. The normalized spacial score (nSPS) is 10.5. The van der Waals surface area contributed by atoms with Crippen molar-refractivity contribution < 1.29 is 9.47 Å². The van der Waals surface area contributed by atoms with Crippen molar-refractivity contribution in [2.24, 2.45) is 0 Å². The third kappa shape index (κ3) is 3.94. The van der Waals surface area contributed by atoms with Gasteiger partial charge in [-0.1, -0.05) is 0 Å². The topological polar surface area (TPSA) is 60.6 Å². The molecule has 0 radical (unpaired) electrons. The average Bonchev–Trinajstić information content (AvgIpc) is 2.22. The summed E-state index contributed by atoms with van der Waals surface area (Å²) in [6, 6.07) is 3.48. The molecule has 0 atom stereocenters. The molecule has 0 saturated heterocycles. The molecule has 90 valence electrons. The van der Waals surface area contributed by atoms with Crippen molar-refractivity contribution in [3.05, 3.63) is 12.1 Å². The molecule has 0 unspecified atom stereocenters. The van der Waals surface area contributed by atoms with E-state index in [0.29, 0.717) is 30.7 Å². The number of nitrogens with two attached hydrogens (primary N) is 1. The third-order valence-corrected chi connectivity index (χ3v) is 1.93. The minimum Gasteiger partial charge on any atom is -0.476 e. The van der Waals surface area contributed by atoms with E-state index in [0.717, 1.165) is 6.54 Å². The van der Waals surface area contributed by atoms with Gasteiger partial charge in [-0.15, -0.1) is 0 Å². The standard InChI is InChI=1S/C11H19N3O2/c1-4-15-11-9(12)5-6-10(13-11)16-8-7-14(2)3/h5-6H,4,7-8,12H2,1-3H3. The fourth-order valence-electron chi connectivity index (χ4n) is 1.10. The van der Waals surface area contributed by atoms with Crippen LogP contribution in [0.5, 0.6) is 11.8 Å². The second-order valence-corrected chi connectivity index (χ2v) is 3.63. The van der Waals surface area contributed by atoms with Crippen LogP contribution in [0.3, 0.4) is 0 Å². The van der Waals surface area contributed by atoms with Gasteiger partial charge in [0.1, 0.15) is 6.61 Å². The van der Waals surface area contributed by atoms with E-state index in [1.165, 1.54) is 0 Å². The molecule has 1 aromatic heterocycles. The molecule has 0 bridgehead atoms. The third-order valence-electron chi connectivity index (χ3n) is 1.93. The van der Waals surface area contributed by atoms with E-state index in [9.17, 15) is 0 Å². The number of nitrogens with zero attached hydrogens (tertiary/aromatic N) is 2. The van der Waals surface area contributed by atoms with Gasteiger partial charge < -0.3 is 20.1 Å². The Morgan fingerprint density at radius 1 is 1.31 bits per heavy atom. The summed E-state index contributed by atoms with van der Waals surface area (Å²) in [5.74, 6) is 0.976. The second kappa shape index (κ2) is 6.17. The summed E-state index contributed by atoms with van der Waals surface area (Å²) in [6.45, 7) is 3.87. The first kappa shape index (κ1) is 12.6. The maximum absolute atomic E-state index is 5.70. The van der Waals surface area contributed by atoms with Gasteiger partial charge in [-0.2, -0.15) is 4.98 Å². The van der Waals surface area contributed by atoms with Crippen molar-refractivity contribution in [2.45, 2.75) is 6.92 Å². The number of ether oxygens (including phenoxy) is 2. The molecule has 1 rings (SSSR count). The first-order valence-corrected chi connectivity index (χ1v) is 5.30. The highest BCUT2D eigenvalue weighted by Gasteiger charge is 2.04. The number of rotatable bonds is 6. The van der Waals surface area contributed by atoms with Gasteiger partial charge in [-0.05, 0) is 27.1 Å². The van der Waals surface area contributed by atoms with Crippen molar-refractivity contribution in [1.82, 2.24) is 9.88 Å². The monoisotopic (exact) mass is 225 g/mol. The number of pyridine rings is 1. The summed E-state index contributed by atoms with van der Waals surface area (Å²) in [5, 5.41) is 0. The number of anilines is 1. The second-order valence-electron chi connectivity index (χ2n) is 3.63. The lowest BCUT2D eigenvalue weighted by atomic mass is 10.4. The van der Waals surface area contributed by atoms with E-state index < -0.39 is 0 Å². The molecule has 1 heterocycles. The fraction of sp³-hybridized carbons (Fsp3) is 0.545. The summed E-state index contributed by atoms with van der Waals surface area (Å²) in [7, 11) is 3.98. The van der Waals surface area contributed by atoms with E-state index in [4.69, 9.17) is 15.2 Å². The van der Waals surface area contributed by atoms with E-state index in [-0.39, 0.29) is 0 Å². The van der Waals surface area contributed by atoms with Crippen LogP contribution in [0.15, 0.2) is 12.1 Å². The molecule has 0 amide bonds. The molecule has 0 aromatic carbocycles. The maximum Gasteiger partial charge on any atom is 0.240 e. The zero-order chi connectivity index (χ0) is 12.0. The zero-order valence-corrected chi connectivity index (χ0v) is 10.1. The molecular formula is C11H19N3O2. The van der Waals surface area contributed by atoms with Crippen LogP contribution in [0, 0.1) is 0 Å². The Labute approximate surface area is 96.2 Å². The van der Waals surface area contributed by atoms with Crippen LogP contribution in [0.25, 0.3) is 0 Å². The Morgan fingerprint density at radius 3 is 2.69 bits per heavy atom. The van der Waals surface area contributed by atoms with E-state index >= 15 is 0 Å². The molecule has 0 fully saturated rings. The molecule has 5 heteroatoms. The van der Waals surface area contributed by atoms with Gasteiger partial charge in [0.25, 0.3) is 0 Å². The summed E-state index contributed by atoms with van der Waals surface area (Å²) >= 11 is 0. The van der Waals surface area contributed by atoms with Crippen LogP contribution in [-0.2, 0) is 0 Å². The van der Waals surface area contributed by atoms with Crippen LogP contribution in [0.2, 0.25) is 0 Å². The van der Waals surface area contributed by atoms with E-state index in [1.807, 2.05) is 25.9 Å². The Bertz CT molecular complexity index is 329. The molecule has 0 aliphatic carbocycles. The quantitative estimate of drug-likeness (QED) is 0.782. The Morgan fingerprint density at radius 2 is 2.06 bits per heavy atom. The van der Waals surface area contributed by atoms with Gasteiger partial charge in [-0.25, -0.2) is 0 Å². The van der Waals surface area contributed by atoms with Crippen LogP contribution in [-0.4, -0.2) is 43.7 Å². The highest BCUT2D eigenvalue weighted by molar-refractivity contribution is 5.49. The molecule has 2 N–H and O–H groups in total. The summed E-state index contributed by atoms with van der Waals surface area (Å²) in [5.41, 5.74) is 6.23. The minimum atomic E-state index is 0.435. The minimum absolute atomic E-state index is 0.435. The maximum atomic E-state index is 5.70. The molecule has 0 spiro atoms. The van der Waals surface area contributed by atoms with Crippen LogP contribution in [0.1, 0.15) is 6.92 Å². The summed E-state index contributed by atoms with van der Waals surface area (Å²) in [6.07, 6.45) is 0. The zero-order valence-electron chi connectivity index (χ0n) is 10.1. The van der Waals surface area contributed by atoms with Crippen LogP contribution < -0.4 is 15.2 Å². The van der Waals surface area contributed by atoms with Gasteiger partial charge in [0, 0.05) is 12.6 Å². The van der Waals surface area contributed by atoms with E-state index in [1.54, 1.807) is 12.1 Å². The molecule has 0 aliphatic heterocycles. The SMILES string of the molecule is CCOc1nc(OCCN(C)C)ccc1N. The number of nitrogen functional groups attached to an aromatic ring is 1. The summed E-state index contributed by atoms with van der Waals surface area (Å²) < 4.78 is 10.7. The van der Waals surface area contributed by atoms with Gasteiger partial charge >= 0.3 is 0 Å². The lowest BCUT2D eigenvalue weighted by Gasteiger charge is -2.11. The number of likely N-dealkylation sites (N-methyl/N-ethyl adjacent to an activating group) is 1. The summed E-state index contributed by atoms with van der Waals surface area (Å²) in [4.78, 5) is 6.21. The fourth-order valence-corrected chi connectivity index (χ4v) is 1.10. The van der Waals surface area contributed by atoms with Crippen LogP contribution >= 0.6 is 0 Å². The molecule has 0 aliphatic rings. The van der Waals surface area contributed by atoms with Crippen molar-refractivity contribution in [2.75, 3.05) is 39.6 Å². The van der Waals surface area contributed by atoms with E-state index in [2.05, 4.69) is 4.98 Å². The lowest BCUT2D eigenvalue weighted by Crippen LogP contribution is -2.19. The number of hydrogen-bond donors (Lipinski definition) is 1. The van der Waals surface area contributed by atoms with Crippen molar-refractivity contribution in [1.29, 1.82) is 0 Å². The van der Waals surface area contributed by atoms with Gasteiger partial charge in [-0.3, -0.25) is 0 Å². The first-order valence-electron chi connectivity index (χ1n) is 5.30. The largest absolute Gasteiger partial charge is 0.476 e. The smallest absolute Gasteiger partial charge is 0.240 e. The highest BCUT2D eigenvalue weighted by Crippen LogP contribution is 2.21. The Hall–Kier alpha value is -1.49. The van der Waals surface area contributed by atoms with Crippen LogP contribution in [0.4, 0.5) is 5.69 Å². The number of hydrogen-bond acceptors (Lipinski definition) is 5. The van der Waals surface area contributed by atoms with Crippen molar-refractivity contribution in [3.63, 3.8) is 0 Å². The average molecular weight is 225 g/mol. The molecule has 1 aromatic rings. The molecule has 16 heavy (non-hydrogen) atoms. The first-order chi connectivity index (χ1) is 7.63. The van der Waals surface area contributed by atoms with Crippen molar-refractivity contribution in [3.8, 4) is 11.8 Å². The molecule has 5 nitrogen and oxygen atoms in total. The molecule has 0 saturated carbocycles. The van der Waals surface area contributed by atoms with Crippen molar-refractivity contribution >= 4 is 5.69 Å². The highest BCUT2D eigenvalue weighted by atomic mass is 16.5. The Balaban J connectivity index is 2.56. The Kier molecular flexibility index (Phi) is 4.85. The predicted octanol–water partition coefficient (Wildman–Crippen LogP) is 1.00. The van der Waals surface area contributed by atoms with Gasteiger partial charge in [0.05, 0.1) is 12.3 Å². The van der Waals surface area contributed by atoms with Gasteiger partial charge in [0.15, 0.2) is 0 Å². The van der Waals surface area contributed by atoms with Gasteiger partial charge in [0.2, 0.25) is 11.8 Å². The molecular weight excluding hydrogens is 206 g/mol.